The maximum Gasteiger partial charge on any atom is 0.160 e. The van der Waals surface area contributed by atoms with E-state index in [9.17, 15) is 0 Å². The average Bonchev–Trinajstić information content (AvgIpc) is 2.81. The normalized spacial score (nSPS) is 21.6. The Hall–Kier alpha value is -1.46. The average molecular weight is 245 g/mol. The van der Waals surface area contributed by atoms with Crippen molar-refractivity contribution in [2.24, 2.45) is 5.73 Å². The lowest BCUT2D eigenvalue weighted by Crippen LogP contribution is -2.31. The molecule has 1 atom stereocenters. The van der Waals surface area contributed by atoms with Crippen molar-refractivity contribution in [1.82, 2.24) is 19.5 Å². The summed E-state index contributed by atoms with van der Waals surface area (Å²) < 4.78 is 2.10. The fraction of sp³-hybridized carbons (Fsp3) is 0.538. The number of hydrogen-bond donors (Lipinski definition) is 1. The van der Waals surface area contributed by atoms with Crippen molar-refractivity contribution in [1.29, 1.82) is 0 Å². The van der Waals surface area contributed by atoms with Gasteiger partial charge in [0.25, 0.3) is 0 Å². The van der Waals surface area contributed by atoms with Gasteiger partial charge < -0.3 is 10.6 Å². The highest BCUT2D eigenvalue weighted by Gasteiger charge is 2.23. The number of likely N-dealkylation sites (tertiary alicyclic amines) is 1. The van der Waals surface area contributed by atoms with Gasteiger partial charge in [0.2, 0.25) is 0 Å². The van der Waals surface area contributed by atoms with Gasteiger partial charge in [-0.2, -0.15) is 0 Å². The maximum absolute atomic E-state index is 5.70. The SMILES string of the molecule is CN1CCCC(c2nnc3ccc(CN)cn23)C1. The molecule has 1 aliphatic rings. The molecule has 1 saturated heterocycles. The second-order valence-electron chi connectivity index (χ2n) is 5.13. The first-order chi connectivity index (χ1) is 8.78. The summed E-state index contributed by atoms with van der Waals surface area (Å²) in [6.45, 7) is 2.80. The standard InChI is InChI=1S/C13H19N5/c1-17-6-2-3-11(9-17)13-16-15-12-5-4-10(7-14)8-18(12)13/h4-5,8,11H,2-3,6-7,9,14H2,1H3. The first-order valence-electron chi connectivity index (χ1n) is 6.50. The van der Waals surface area contributed by atoms with Gasteiger partial charge in [-0.15, -0.1) is 10.2 Å². The molecular formula is C13H19N5. The summed E-state index contributed by atoms with van der Waals surface area (Å²) in [4.78, 5) is 2.36. The molecule has 2 aromatic rings. The van der Waals surface area contributed by atoms with E-state index < -0.39 is 0 Å². The number of aromatic nitrogens is 3. The van der Waals surface area contributed by atoms with Crippen molar-refractivity contribution in [3.63, 3.8) is 0 Å². The molecule has 0 saturated carbocycles. The maximum atomic E-state index is 5.70. The predicted molar refractivity (Wildman–Crippen MR) is 70.4 cm³/mol. The topological polar surface area (TPSA) is 59.5 Å². The van der Waals surface area contributed by atoms with Gasteiger partial charge in [-0.25, -0.2) is 0 Å². The molecule has 0 bridgehead atoms. The van der Waals surface area contributed by atoms with Crippen LogP contribution >= 0.6 is 0 Å². The Balaban J connectivity index is 2.00. The van der Waals surface area contributed by atoms with E-state index >= 15 is 0 Å². The molecule has 0 radical (unpaired) electrons. The highest BCUT2D eigenvalue weighted by Crippen LogP contribution is 2.25. The van der Waals surface area contributed by atoms with Crippen LogP contribution in [0.25, 0.3) is 5.65 Å². The summed E-state index contributed by atoms with van der Waals surface area (Å²) in [5, 5.41) is 8.62. The molecule has 18 heavy (non-hydrogen) atoms. The van der Waals surface area contributed by atoms with Gasteiger partial charge in [0.1, 0.15) is 5.82 Å². The van der Waals surface area contributed by atoms with Crippen LogP contribution in [0, 0.1) is 0 Å². The van der Waals surface area contributed by atoms with Crippen molar-refractivity contribution in [3.05, 3.63) is 29.7 Å². The largest absolute Gasteiger partial charge is 0.326 e. The number of pyridine rings is 1. The molecule has 2 N–H and O–H groups in total. The molecule has 3 heterocycles. The Bertz CT molecular complexity index is 547. The second kappa shape index (κ2) is 4.66. The Labute approximate surface area is 107 Å². The third-order valence-electron chi connectivity index (χ3n) is 3.72. The number of nitrogens with two attached hydrogens (primary N) is 1. The van der Waals surface area contributed by atoms with Gasteiger partial charge in [-0.3, -0.25) is 4.40 Å². The smallest absolute Gasteiger partial charge is 0.160 e. The quantitative estimate of drug-likeness (QED) is 0.857. The van der Waals surface area contributed by atoms with E-state index in [-0.39, 0.29) is 0 Å². The molecule has 1 aliphatic heterocycles. The molecule has 0 aromatic carbocycles. The van der Waals surface area contributed by atoms with Gasteiger partial charge in [0.15, 0.2) is 5.65 Å². The summed E-state index contributed by atoms with van der Waals surface area (Å²) in [7, 11) is 2.17. The van der Waals surface area contributed by atoms with Gasteiger partial charge in [0.05, 0.1) is 0 Å². The fourth-order valence-corrected chi connectivity index (χ4v) is 2.73. The molecule has 0 spiro atoms. The molecule has 0 aliphatic carbocycles. The predicted octanol–water partition coefficient (Wildman–Crippen LogP) is 0.997. The fourth-order valence-electron chi connectivity index (χ4n) is 2.73. The second-order valence-corrected chi connectivity index (χ2v) is 5.13. The summed E-state index contributed by atoms with van der Waals surface area (Å²) in [6.07, 6.45) is 4.49. The van der Waals surface area contributed by atoms with E-state index in [1.165, 1.54) is 19.4 Å². The first kappa shape index (κ1) is 11.6. The van der Waals surface area contributed by atoms with E-state index in [1.54, 1.807) is 0 Å². The Morgan fingerprint density at radius 2 is 2.28 bits per heavy atom. The van der Waals surface area contributed by atoms with E-state index in [1.807, 2.05) is 12.1 Å². The van der Waals surface area contributed by atoms with Crippen molar-refractivity contribution in [2.45, 2.75) is 25.3 Å². The Morgan fingerprint density at radius 1 is 1.39 bits per heavy atom. The number of hydrogen-bond acceptors (Lipinski definition) is 4. The van der Waals surface area contributed by atoms with Crippen LogP contribution in [0.4, 0.5) is 0 Å². The van der Waals surface area contributed by atoms with Gasteiger partial charge in [-0.05, 0) is 38.1 Å². The minimum Gasteiger partial charge on any atom is -0.326 e. The molecular weight excluding hydrogens is 226 g/mol. The number of nitrogens with zero attached hydrogens (tertiary/aromatic N) is 4. The van der Waals surface area contributed by atoms with Crippen LogP contribution in [-0.2, 0) is 6.54 Å². The van der Waals surface area contributed by atoms with Gasteiger partial charge >= 0.3 is 0 Å². The third-order valence-corrected chi connectivity index (χ3v) is 3.72. The van der Waals surface area contributed by atoms with Crippen LogP contribution < -0.4 is 5.73 Å². The van der Waals surface area contributed by atoms with Crippen LogP contribution in [0.3, 0.4) is 0 Å². The molecule has 5 heteroatoms. The summed E-state index contributed by atoms with van der Waals surface area (Å²) in [6, 6.07) is 4.01. The molecule has 3 rings (SSSR count). The Morgan fingerprint density at radius 3 is 3.06 bits per heavy atom. The van der Waals surface area contributed by atoms with Crippen LogP contribution in [0.2, 0.25) is 0 Å². The van der Waals surface area contributed by atoms with Crippen molar-refractivity contribution < 1.29 is 0 Å². The van der Waals surface area contributed by atoms with E-state index in [0.29, 0.717) is 12.5 Å². The number of rotatable bonds is 2. The molecule has 1 unspecified atom stereocenters. The lowest BCUT2D eigenvalue weighted by atomic mass is 9.98. The zero-order valence-corrected chi connectivity index (χ0v) is 10.7. The van der Waals surface area contributed by atoms with Crippen molar-refractivity contribution in [2.75, 3.05) is 20.1 Å². The Kier molecular flexibility index (Phi) is 3.01. The molecule has 2 aromatic heterocycles. The van der Waals surface area contributed by atoms with E-state index in [2.05, 4.69) is 32.7 Å². The third kappa shape index (κ3) is 2.00. The van der Waals surface area contributed by atoms with Crippen LogP contribution in [0.1, 0.15) is 30.1 Å². The minimum atomic E-state index is 0.478. The number of likely N-dealkylation sites (N-methyl/N-ethyl adjacent to an activating group) is 1. The van der Waals surface area contributed by atoms with E-state index in [4.69, 9.17) is 5.73 Å². The zero-order chi connectivity index (χ0) is 12.5. The zero-order valence-electron chi connectivity index (χ0n) is 10.7. The number of fused-ring (bicyclic) bond motifs is 1. The van der Waals surface area contributed by atoms with Gasteiger partial charge in [-0.1, -0.05) is 6.07 Å². The lowest BCUT2D eigenvalue weighted by Gasteiger charge is -2.28. The van der Waals surface area contributed by atoms with Crippen LogP contribution in [-0.4, -0.2) is 39.6 Å². The molecule has 1 fully saturated rings. The van der Waals surface area contributed by atoms with Gasteiger partial charge in [0, 0.05) is 25.2 Å². The molecule has 5 nitrogen and oxygen atoms in total. The highest BCUT2D eigenvalue weighted by atomic mass is 15.3. The van der Waals surface area contributed by atoms with Crippen molar-refractivity contribution in [3.8, 4) is 0 Å². The highest BCUT2D eigenvalue weighted by molar-refractivity contribution is 5.40. The van der Waals surface area contributed by atoms with Crippen LogP contribution in [0.15, 0.2) is 18.3 Å². The number of piperidine rings is 1. The summed E-state index contributed by atoms with van der Waals surface area (Å²) >= 11 is 0. The summed E-state index contributed by atoms with van der Waals surface area (Å²) in [5.41, 5.74) is 7.73. The lowest BCUT2D eigenvalue weighted by molar-refractivity contribution is 0.245. The molecule has 0 amide bonds. The molecule has 96 valence electrons. The van der Waals surface area contributed by atoms with E-state index in [0.717, 1.165) is 23.6 Å². The van der Waals surface area contributed by atoms with Crippen LogP contribution in [0.5, 0.6) is 0 Å². The minimum absolute atomic E-state index is 0.478. The summed E-state index contributed by atoms with van der Waals surface area (Å²) in [5.74, 6) is 1.55. The van der Waals surface area contributed by atoms with Crippen molar-refractivity contribution >= 4 is 5.65 Å². The monoisotopic (exact) mass is 245 g/mol. The first-order valence-corrected chi connectivity index (χ1v) is 6.50.